The standard InChI is InChI=1S/C13H9BrClFO2S/c1-7(13(17)11-4-5-12(15)19-11)18-10-3-2-8(16)6-9(10)14/h2-7H,1H3. The van der Waals surface area contributed by atoms with Crippen LogP contribution in [0.15, 0.2) is 34.8 Å². The van der Waals surface area contributed by atoms with Crippen molar-refractivity contribution in [3.63, 3.8) is 0 Å². The molecule has 0 saturated carbocycles. The van der Waals surface area contributed by atoms with Gasteiger partial charge in [0.25, 0.3) is 0 Å². The van der Waals surface area contributed by atoms with Gasteiger partial charge in [-0.05, 0) is 53.2 Å². The molecule has 0 radical (unpaired) electrons. The van der Waals surface area contributed by atoms with E-state index in [1.54, 1.807) is 19.1 Å². The predicted molar refractivity (Wildman–Crippen MR) is 77.8 cm³/mol. The van der Waals surface area contributed by atoms with Gasteiger partial charge in [0.05, 0.1) is 13.7 Å². The maximum Gasteiger partial charge on any atom is 0.212 e. The normalized spacial score (nSPS) is 12.2. The van der Waals surface area contributed by atoms with Gasteiger partial charge < -0.3 is 4.74 Å². The summed E-state index contributed by atoms with van der Waals surface area (Å²) < 4.78 is 19.5. The lowest BCUT2D eigenvalue weighted by Crippen LogP contribution is -2.23. The molecule has 100 valence electrons. The van der Waals surface area contributed by atoms with Gasteiger partial charge in [0.1, 0.15) is 11.6 Å². The average molecular weight is 364 g/mol. The first-order valence-electron chi connectivity index (χ1n) is 5.38. The van der Waals surface area contributed by atoms with Crippen LogP contribution in [0.5, 0.6) is 5.75 Å². The molecule has 0 N–H and O–H groups in total. The summed E-state index contributed by atoms with van der Waals surface area (Å²) >= 11 is 10.2. The third-order valence-electron chi connectivity index (χ3n) is 2.38. The number of ether oxygens (including phenoxy) is 1. The molecule has 19 heavy (non-hydrogen) atoms. The van der Waals surface area contributed by atoms with Crippen molar-refractivity contribution in [3.05, 3.63) is 49.8 Å². The van der Waals surface area contributed by atoms with Crippen LogP contribution in [0.3, 0.4) is 0 Å². The molecule has 1 atom stereocenters. The summed E-state index contributed by atoms with van der Waals surface area (Å²) in [5, 5.41) is 0. The quantitative estimate of drug-likeness (QED) is 0.718. The van der Waals surface area contributed by atoms with Crippen LogP contribution in [0.2, 0.25) is 4.34 Å². The molecule has 1 aromatic heterocycles. The second kappa shape index (κ2) is 6.03. The van der Waals surface area contributed by atoms with Gasteiger partial charge in [-0.1, -0.05) is 11.6 Å². The van der Waals surface area contributed by atoms with Gasteiger partial charge in [-0.25, -0.2) is 4.39 Å². The maximum absolute atomic E-state index is 12.9. The highest BCUT2D eigenvalue weighted by atomic mass is 79.9. The Morgan fingerprint density at radius 3 is 2.74 bits per heavy atom. The van der Waals surface area contributed by atoms with Crippen LogP contribution in [-0.4, -0.2) is 11.9 Å². The van der Waals surface area contributed by atoms with Crippen LogP contribution < -0.4 is 4.74 Å². The molecular formula is C13H9BrClFO2S. The molecule has 1 heterocycles. The summed E-state index contributed by atoms with van der Waals surface area (Å²) in [5.41, 5.74) is 0. The molecule has 1 unspecified atom stereocenters. The summed E-state index contributed by atoms with van der Waals surface area (Å²) in [4.78, 5) is 12.6. The van der Waals surface area contributed by atoms with Crippen molar-refractivity contribution >= 4 is 44.7 Å². The van der Waals surface area contributed by atoms with Crippen molar-refractivity contribution in [1.29, 1.82) is 0 Å². The number of ketones is 1. The first-order valence-corrected chi connectivity index (χ1v) is 7.37. The fourth-order valence-electron chi connectivity index (χ4n) is 1.46. The van der Waals surface area contributed by atoms with Crippen molar-refractivity contribution in [1.82, 2.24) is 0 Å². The Kier molecular flexibility index (Phi) is 4.60. The second-order valence-corrected chi connectivity index (χ2v) is 6.37. The minimum absolute atomic E-state index is 0.159. The van der Waals surface area contributed by atoms with Crippen LogP contribution in [-0.2, 0) is 0 Å². The molecule has 6 heteroatoms. The number of halogens is 3. The molecular weight excluding hydrogens is 355 g/mol. The predicted octanol–water partition coefficient (Wildman–Crippen LogP) is 4.95. The minimum Gasteiger partial charge on any atom is -0.481 e. The molecule has 0 aliphatic carbocycles. The summed E-state index contributed by atoms with van der Waals surface area (Å²) in [5.74, 6) is -0.110. The van der Waals surface area contributed by atoms with Crippen LogP contribution >= 0.6 is 38.9 Å². The number of carbonyl (C=O) groups excluding carboxylic acids is 1. The van der Waals surface area contributed by atoms with Crippen LogP contribution in [0, 0.1) is 5.82 Å². The lowest BCUT2D eigenvalue weighted by molar-refractivity contribution is 0.0821. The number of thiophene rings is 1. The van der Waals surface area contributed by atoms with E-state index in [1.807, 2.05) is 0 Å². The third kappa shape index (κ3) is 3.55. The average Bonchev–Trinajstić information content (AvgIpc) is 2.78. The smallest absolute Gasteiger partial charge is 0.212 e. The minimum atomic E-state index is -0.670. The molecule has 1 aromatic carbocycles. The van der Waals surface area contributed by atoms with Crippen LogP contribution in [0.4, 0.5) is 4.39 Å². The highest BCUT2D eigenvalue weighted by Gasteiger charge is 2.19. The number of rotatable bonds is 4. The van der Waals surface area contributed by atoms with Crippen molar-refractivity contribution in [2.24, 2.45) is 0 Å². The zero-order chi connectivity index (χ0) is 14.0. The Morgan fingerprint density at radius 1 is 1.42 bits per heavy atom. The van der Waals surface area contributed by atoms with Gasteiger partial charge in [0.2, 0.25) is 5.78 Å². The molecule has 0 bridgehead atoms. The van der Waals surface area contributed by atoms with E-state index in [2.05, 4.69) is 15.9 Å². The van der Waals surface area contributed by atoms with Gasteiger partial charge >= 0.3 is 0 Å². The van der Waals surface area contributed by atoms with E-state index in [4.69, 9.17) is 16.3 Å². The van der Waals surface area contributed by atoms with Crippen molar-refractivity contribution < 1.29 is 13.9 Å². The van der Waals surface area contributed by atoms with E-state index < -0.39 is 6.10 Å². The van der Waals surface area contributed by atoms with Crippen LogP contribution in [0.25, 0.3) is 0 Å². The molecule has 0 fully saturated rings. The Labute approximate surface area is 127 Å². The van der Waals surface area contributed by atoms with Gasteiger partial charge in [0, 0.05) is 0 Å². The third-order valence-corrected chi connectivity index (χ3v) is 4.25. The molecule has 0 saturated heterocycles. The fourth-order valence-corrected chi connectivity index (χ4v) is 2.97. The summed E-state index contributed by atoms with van der Waals surface area (Å²) in [6.07, 6.45) is -0.670. The zero-order valence-electron chi connectivity index (χ0n) is 9.82. The Bertz CT molecular complexity index is 614. The summed E-state index contributed by atoms with van der Waals surface area (Å²) in [7, 11) is 0. The largest absolute Gasteiger partial charge is 0.481 e. The number of benzene rings is 1. The summed E-state index contributed by atoms with van der Waals surface area (Å²) in [6, 6.07) is 7.37. The second-order valence-electron chi connectivity index (χ2n) is 3.80. The summed E-state index contributed by atoms with van der Waals surface area (Å²) in [6.45, 7) is 1.64. The fraction of sp³-hybridized carbons (Fsp3) is 0.154. The molecule has 2 rings (SSSR count). The lowest BCUT2D eigenvalue weighted by Gasteiger charge is -2.14. The van der Waals surface area contributed by atoms with Crippen molar-refractivity contribution in [2.75, 3.05) is 0 Å². The molecule has 0 aliphatic heterocycles. The first-order chi connectivity index (χ1) is 8.97. The maximum atomic E-state index is 12.9. The molecule has 0 amide bonds. The van der Waals surface area contributed by atoms with Gasteiger partial charge in [-0.2, -0.15) is 0 Å². The van der Waals surface area contributed by atoms with Gasteiger partial charge in [0.15, 0.2) is 6.10 Å². The zero-order valence-corrected chi connectivity index (χ0v) is 13.0. The monoisotopic (exact) mass is 362 g/mol. The van der Waals surface area contributed by atoms with E-state index in [1.165, 1.54) is 29.5 Å². The van der Waals surface area contributed by atoms with Crippen LogP contribution in [0.1, 0.15) is 16.6 Å². The molecule has 0 spiro atoms. The molecule has 0 aliphatic rings. The van der Waals surface area contributed by atoms with Crippen molar-refractivity contribution in [2.45, 2.75) is 13.0 Å². The first kappa shape index (κ1) is 14.5. The highest BCUT2D eigenvalue weighted by molar-refractivity contribution is 9.10. The Balaban J connectivity index is 2.12. The van der Waals surface area contributed by atoms with E-state index in [0.717, 1.165) is 0 Å². The molecule has 2 nitrogen and oxygen atoms in total. The topological polar surface area (TPSA) is 26.3 Å². The number of carbonyl (C=O) groups is 1. The SMILES string of the molecule is CC(Oc1ccc(F)cc1Br)C(=O)c1ccc(Cl)s1. The number of hydrogen-bond donors (Lipinski definition) is 0. The van der Waals surface area contributed by atoms with Crippen molar-refractivity contribution in [3.8, 4) is 5.75 Å². The molecule has 2 aromatic rings. The lowest BCUT2D eigenvalue weighted by atomic mass is 10.2. The highest BCUT2D eigenvalue weighted by Crippen LogP contribution is 2.28. The number of Topliss-reactive ketones (excluding diaryl/α,β-unsaturated/α-hetero) is 1. The van der Waals surface area contributed by atoms with E-state index in [9.17, 15) is 9.18 Å². The van der Waals surface area contributed by atoms with E-state index in [0.29, 0.717) is 19.4 Å². The van der Waals surface area contributed by atoms with Gasteiger partial charge in [-0.15, -0.1) is 11.3 Å². The Hall–Kier alpha value is -0.910. The van der Waals surface area contributed by atoms with E-state index >= 15 is 0 Å². The number of hydrogen-bond acceptors (Lipinski definition) is 3. The van der Waals surface area contributed by atoms with Gasteiger partial charge in [-0.3, -0.25) is 4.79 Å². The van der Waals surface area contributed by atoms with E-state index in [-0.39, 0.29) is 11.6 Å². The Morgan fingerprint density at radius 2 is 2.16 bits per heavy atom.